The molecule has 6 nitrogen and oxygen atoms in total. The molecule has 0 radical (unpaired) electrons. The zero-order valence-electron chi connectivity index (χ0n) is 12.3. The van der Waals surface area contributed by atoms with Gasteiger partial charge in [0.25, 0.3) is 0 Å². The molecule has 2 rings (SSSR count). The summed E-state index contributed by atoms with van der Waals surface area (Å²) >= 11 is 0. The molecular weight excluding hydrogens is 290 g/mol. The Morgan fingerprint density at radius 3 is 2.67 bits per heavy atom. The molecule has 1 aliphatic rings. The minimum absolute atomic E-state index is 0.227. The van der Waals surface area contributed by atoms with Crippen LogP contribution < -0.4 is 15.2 Å². The third kappa shape index (κ3) is 4.16. The van der Waals surface area contributed by atoms with Crippen molar-refractivity contribution in [2.75, 3.05) is 33.3 Å². The number of likely N-dealkylation sites (tertiary alicyclic amines) is 1. The summed E-state index contributed by atoms with van der Waals surface area (Å²) in [5, 5.41) is 0. The molecule has 0 atom stereocenters. The quantitative estimate of drug-likeness (QED) is 0.767. The van der Waals surface area contributed by atoms with Crippen LogP contribution in [0.5, 0.6) is 5.75 Å². The fraction of sp³-hybridized carbons (Fsp3) is 0.571. The van der Waals surface area contributed by atoms with E-state index in [2.05, 4.69) is 9.62 Å². The van der Waals surface area contributed by atoms with Gasteiger partial charge in [-0.2, -0.15) is 0 Å². The minimum Gasteiger partial charge on any atom is -0.496 e. The van der Waals surface area contributed by atoms with E-state index in [0.717, 1.165) is 19.6 Å². The molecule has 1 aromatic rings. The fourth-order valence-electron chi connectivity index (χ4n) is 2.51. The Balaban J connectivity index is 2.01. The molecule has 0 bridgehead atoms. The molecule has 0 amide bonds. The molecule has 0 spiro atoms. The molecule has 1 aromatic carbocycles. The number of methoxy groups -OCH3 is 1. The summed E-state index contributed by atoms with van der Waals surface area (Å²) in [6.07, 6.45) is 2.40. The van der Waals surface area contributed by atoms with Crippen molar-refractivity contribution < 1.29 is 13.2 Å². The van der Waals surface area contributed by atoms with Crippen LogP contribution in [0.25, 0.3) is 0 Å². The number of sulfonamides is 1. The van der Waals surface area contributed by atoms with Crippen LogP contribution in [-0.4, -0.2) is 46.6 Å². The molecule has 118 valence electrons. The van der Waals surface area contributed by atoms with Crippen LogP contribution in [-0.2, 0) is 16.6 Å². The molecule has 0 saturated carbocycles. The van der Waals surface area contributed by atoms with Gasteiger partial charge in [-0.1, -0.05) is 0 Å². The number of nitrogens with one attached hydrogen (secondary N) is 1. The number of ether oxygens (including phenoxy) is 1. The zero-order valence-corrected chi connectivity index (χ0v) is 13.2. The second kappa shape index (κ2) is 7.22. The lowest BCUT2D eigenvalue weighted by Gasteiger charge is -2.15. The first kappa shape index (κ1) is 16.2. The highest BCUT2D eigenvalue weighted by Gasteiger charge is 2.17. The van der Waals surface area contributed by atoms with Crippen molar-refractivity contribution in [1.82, 2.24) is 9.62 Å². The van der Waals surface area contributed by atoms with Gasteiger partial charge in [0.05, 0.1) is 12.0 Å². The third-order valence-corrected chi connectivity index (χ3v) is 5.16. The maximum absolute atomic E-state index is 12.3. The normalized spacial score (nSPS) is 16.3. The maximum atomic E-state index is 12.3. The third-order valence-electron chi connectivity index (χ3n) is 3.70. The van der Waals surface area contributed by atoms with Crippen LogP contribution in [0.1, 0.15) is 18.4 Å². The number of benzene rings is 1. The van der Waals surface area contributed by atoms with Crippen LogP contribution in [0.3, 0.4) is 0 Å². The van der Waals surface area contributed by atoms with E-state index >= 15 is 0 Å². The average molecular weight is 313 g/mol. The molecule has 0 aliphatic carbocycles. The van der Waals surface area contributed by atoms with E-state index in [1.54, 1.807) is 12.1 Å². The molecule has 1 fully saturated rings. The van der Waals surface area contributed by atoms with E-state index < -0.39 is 10.0 Å². The van der Waals surface area contributed by atoms with Gasteiger partial charge in [0.1, 0.15) is 5.75 Å². The lowest BCUT2D eigenvalue weighted by Crippen LogP contribution is -2.33. The average Bonchev–Trinajstić information content (AvgIpc) is 2.99. The van der Waals surface area contributed by atoms with Gasteiger partial charge in [0.15, 0.2) is 0 Å². The topological polar surface area (TPSA) is 84.7 Å². The van der Waals surface area contributed by atoms with Gasteiger partial charge in [0, 0.05) is 25.2 Å². The van der Waals surface area contributed by atoms with Gasteiger partial charge in [-0.15, -0.1) is 0 Å². The zero-order chi connectivity index (χ0) is 15.3. The van der Waals surface area contributed by atoms with Crippen LogP contribution >= 0.6 is 0 Å². The first-order valence-electron chi connectivity index (χ1n) is 7.16. The summed E-state index contributed by atoms with van der Waals surface area (Å²) in [4.78, 5) is 2.49. The largest absolute Gasteiger partial charge is 0.496 e. The minimum atomic E-state index is -3.50. The highest BCUT2D eigenvalue weighted by molar-refractivity contribution is 7.89. The van der Waals surface area contributed by atoms with Crippen molar-refractivity contribution in [1.29, 1.82) is 0 Å². The van der Waals surface area contributed by atoms with Crippen molar-refractivity contribution in [3.8, 4) is 5.75 Å². The van der Waals surface area contributed by atoms with E-state index in [0.29, 0.717) is 17.9 Å². The lowest BCUT2D eigenvalue weighted by atomic mass is 10.2. The maximum Gasteiger partial charge on any atom is 0.240 e. The van der Waals surface area contributed by atoms with E-state index in [1.807, 2.05) is 0 Å². The molecule has 1 aliphatic heterocycles. The summed E-state index contributed by atoms with van der Waals surface area (Å²) < 4.78 is 32.3. The van der Waals surface area contributed by atoms with Gasteiger partial charge in [-0.05, 0) is 44.1 Å². The summed E-state index contributed by atoms with van der Waals surface area (Å²) in [5.41, 5.74) is 6.30. The fourth-order valence-corrected chi connectivity index (χ4v) is 3.58. The predicted molar refractivity (Wildman–Crippen MR) is 81.7 cm³/mol. The lowest BCUT2D eigenvalue weighted by molar-refractivity contribution is 0.344. The highest BCUT2D eigenvalue weighted by Crippen LogP contribution is 2.21. The van der Waals surface area contributed by atoms with Crippen LogP contribution in [0, 0.1) is 0 Å². The van der Waals surface area contributed by atoms with Crippen molar-refractivity contribution in [3.05, 3.63) is 23.8 Å². The SMILES string of the molecule is COc1ccc(S(=O)(=O)NCCN2CCCC2)cc1CN. The molecule has 0 unspecified atom stereocenters. The second-order valence-corrected chi connectivity index (χ2v) is 6.89. The molecule has 1 saturated heterocycles. The van der Waals surface area contributed by atoms with Gasteiger partial charge < -0.3 is 15.4 Å². The Labute approximate surface area is 126 Å². The number of hydrogen-bond donors (Lipinski definition) is 2. The van der Waals surface area contributed by atoms with E-state index in [4.69, 9.17) is 10.5 Å². The molecule has 1 heterocycles. The van der Waals surface area contributed by atoms with Gasteiger partial charge in [0.2, 0.25) is 10.0 Å². The first-order valence-corrected chi connectivity index (χ1v) is 8.64. The van der Waals surface area contributed by atoms with Gasteiger partial charge in [-0.3, -0.25) is 0 Å². The molecule has 7 heteroatoms. The molecule has 21 heavy (non-hydrogen) atoms. The number of hydrogen-bond acceptors (Lipinski definition) is 5. The van der Waals surface area contributed by atoms with Crippen molar-refractivity contribution in [2.24, 2.45) is 5.73 Å². The van der Waals surface area contributed by atoms with Gasteiger partial charge >= 0.3 is 0 Å². The Morgan fingerprint density at radius 1 is 1.33 bits per heavy atom. The number of nitrogens with zero attached hydrogens (tertiary/aromatic N) is 1. The standard InChI is InChI=1S/C14H23N3O3S/c1-20-14-5-4-13(10-12(14)11-15)21(18,19)16-6-9-17-7-2-3-8-17/h4-5,10,16H,2-3,6-9,11,15H2,1H3. The number of nitrogens with two attached hydrogens (primary N) is 1. The number of rotatable bonds is 7. The summed E-state index contributed by atoms with van der Waals surface area (Å²) in [6, 6.07) is 4.74. The predicted octanol–water partition coefficient (Wildman–Crippen LogP) is 0.528. The van der Waals surface area contributed by atoms with Crippen molar-refractivity contribution >= 4 is 10.0 Å². The Morgan fingerprint density at radius 2 is 2.05 bits per heavy atom. The van der Waals surface area contributed by atoms with Gasteiger partial charge in [-0.25, -0.2) is 13.1 Å². The molecule has 0 aromatic heterocycles. The highest BCUT2D eigenvalue weighted by atomic mass is 32.2. The Kier molecular flexibility index (Phi) is 5.58. The molecule has 3 N–H and O–H groups in total. The van der Waals surface area contributed by atoms with Crippen LogP contribution in [0.2, 0.25) is 0 Å². The summed E-state index contributed by atoms with van der Waals surface area (Å²) in [6.45, 7) is 3.52. The molecular formula is C14H23N3O3S. The van der Waals surface area contributed by atoms with Crippen molar-refractivity contribution in [3.63, 3.8) is 0 Å². The van der Waals surface area contributed by atoms with E-state index in [9.17, 15) is 8.42 Å². The van der Waals surface area contributed by atoms with Crippen LogP contribution in [0.15, 0.2) is 23.1 Å². The first-order chi connectivity index (χ1) is 10.1. The smallest absolute Gasteiger partial charge is 0.240 e. The summed E-state index contributed by atoms with van der Waals surface area (Å²) in [5.74, 6) is 0.605. The Hall–Kier alpha value is -1.15. The monoisotopic (exact) mass is 313 g/mol. The second-order valence-electron chi connectivity index (χ2n) is 5.12. The van der Waals surface area contributed by atoms with E-state index in [1.165, 1.54) is 26.0 Å². The van der Waals surface area contributed by atoms with Crippen LogP contribution in [0.4, 0.5) is 0 Å². The Bertz CT molecular complexity index is 569. The summed E-state index contributed by atoms with van der Waals surface area (Å²) in [7, 11) is -1.96. The van der Waals surface area contributed by atoms with Crippen molar-refractivity contribution in [2.45, 2.75) is 24.3 Å². The van der Waals surface area contributed by atoms with E-state index in [-0.39, 0.29) is 11.4 Å².